The van der Waals surface area contributed by atoms with Gasteiger partial charge in [0.05, 0.1) is 0 Å². The second-order valence-electron chi connectivity index (χ2n) is 5.73. The van der Waals surface area contributed by atoms with E-state index in [0.717, 1.165) is 30.4 Å². The third-order valence-electron chi connectivity index (χ3n) is 4.51. The van der Waals surface area contributed by atoms with Crippen molar-refractivity contribution in [3.63, 3.8) is 0 Å². The molecule has 0 heterocycles. The fraction of sp³-hybridized carbons (Fsp3) is 0.600. The summed E-state index contributed by atoms with van der Waals surface area (Å²) in [6.45, 7) is 7.79. The summed E-state index contributed by atoms with van der Waals surface area (Å²) < 4.78 is 0. The van der Waals surface area contributed by atoms with Gasteiger partial charge in [-0.25, -0.2) is 0 Å². The molecule has 1 fully saturated rings. The fourth-order valence-electron chi connectivity index (χ4n) is 3.28. The number of carbonyl (C=O) groups is 2. The van der Waals surface area contributed by atoms with Gasteiger partial charge in [0.15, 0.2) is 11.6 Å². The molecule has 0 N–H and O–H groups in total. The lowest BCUT2D eigenvalue weighted by atomic mass is 9.60. The number of fused-ring (bicyclic) bond motifs is 1. The van der Waals surface area contributed by atoms with Crippen LogP contribution in [0.1, 0.15) is 39.5 Å². The third-order valence-corrected chi connectivity index (χ3v) is 4.86. The van der Waals surface area contributed by atoms with E-state index in [1.54, 1.807) is 6.92 Å². The predicted octanol–water partition coefficient (Wildman–Crippen LogP) is 3.45. The Hall–Kier alpha value is -0.890. The first-order valence-electron chi connectivity index (χ1n) is 6.43. The molecule has 0 aromatic rings. The van der Waals surface area contributed by atoms with Crippen LogP contribution < -0.4 is 0 Å². The van der Waals surface area contributed by atoms with Crippen LogP contribution in [0.15, 0.2) is 23.3 Å². The molecule has 2 aliphatic carbocycles. The molecule has 0 spiro atoms. The minimum Gasteiger partial charge on any atom is -0.295 e. The third kappa shape index (κ3) is 1.97. The van der Waals surface area contributed by atoms with Gasteiger partial charge in [-0.2, -0.15) is 0 Å². The maximum Gasteiger partial charge on any atom is 0.166 e. The quantitative estimate of drug-likeness (QED) is 0.567. The van der Waals surface area contributed by atoms with Crippen LogP contribution in [-0.4, -0.2) is 17.4 Å². The van der Waals surface area contributed by atoms with E-state index >= 15 is 0 Å². The van der Waals surface area contributed by atoms with Crippen molar-refractivity contribution in [1.29, 1.82) is 0 Å². The van der Waals surface area contributed by atoms with Gasteiger partial charge in [-0.15, -0.1) is 11.6 Å². The highest BCUT2D eigenvalue weighted by Gasteiger charge is 2.45. The number of halogens is 1. The Labute approximate surface area is 113 Å². The zero-order valence-electron chi connectivity index (χ0n) is 11.0. The molecule has 0 amide bonds. The van der Waals surface area contributed by atoms with E-state index in [1.807, 2.05) is 0 Å². The van der Waals surface area contributed by atoms with Crippen molar-refractivity contribution in [2.24, 2.45) is 11.3 Å². The Kier molecular flexibility index (Phi) is 3.50. The molecule has 0 bridgehead atoms. The first kappa shape index (κ1) is 13.5. The van der Waals surface area contributed by atoms with Crippen LogP contribution >= 0.6 is 11.6 Å². The SMILES string of the molecule is C=C(CCl)[C@@H]1CC[C@]2(C)CCC(=O)C(C)=C2C1=O. The molecule has 2 aliphatic rings. The standard InChI is InChI=1S/C15H19ClO2/c1-9(8-16)11-4-6-15(3)7-5-12(17)10(2)13(15)14(11)18/h11H,1,4-8H2,2-3H3/t11-,15+/m0/s1. The lowest BCUT2D eigenvalue weighted by molar-refractivity contribution is -0.124. The zero-order valence-corrected chi connectivity index (χ0v) is 11.8. The Morgan fingerprint density at radius 2 is 2.11 bits per heavy atom. The van der Waals surface area contributed by atoms with Crippen LogP contribution in [0, 0.1) is 11.3 Å². The lowest BCUT2D eigenvalue weighted by Gasteiger charge is -2.42. The van der Waals surface area contributed by atoms with Crippen LogP contribution in [0.3, 0.4) is 0 Å². The largest absolute Gasteiger partial charge is 0.295 e. The molecule has 2 nitrogen and oxygen atoms in total. The monoisotopic (exact) mass is 266 g/mol. The van der Waals surface area contributed by atoms with Crippen molar-refractivity contribution < 1.29 is 9.59 Å². The number of ketones is 2. The molecule has 0 aromatic carbocycles. The van der Waals surface area contributed by atoms with Crippen molar-refractivity contribution in [3.05, 3.63) is 23.3 Å². The molecular weight excluding hydrogens is 248 g/mol. The second-order valence-corrected chi connectivity index (χ2v) is 6.00. The van der Waals surface area contributed by atoms with Crippen LogP contribution in [-0.2, 0) is 9.59 Å². The van der Waals surface area contributed by atoms with Gasteiger partial charge in [0, 0.05) is 23.8 Å². The number of alkyl halides is 1. The molecule has 1 saturated carbocycles. The highest BCUT2D eigenvalue weighted by Crippen LogP contribution is 2.49. The molecule has 18 heavy (non-hydrogen) atoms. The van der Waals surface area contributed by atoms with E-state index < -0.39 is 0 Å². The smallest absolute Gasteiger partial charge is 0.166 e. The van der Waals surface area contributed by atoms with Crippen LogP contribution in [0.4, 0.5) is 0 Å². The van der Waals surface area contributed by atoms with E-state index in [1.165, 1.54) is 0 Å². The van der Waals surface area contributed by atoms with Gasteiger partial charge in [-0.05, 0) is 37.2 Å². The number of Topliss-reactive ketones (excluding diaryl/α,β-unsaturated/α-hetero) is 2. The summed E-state index contributed by atoms with van der Waals surface area (Å²) in [5.41, 5.74) is 2.09. The minimum absolute atomic E-state index is 0.0833. The lowest BCUT2D eigenvalue weighted by Crippen LogP contribution is -2.40. The zero-order chi connectivity index (χ0) is 13.5. The average Bonchev–Trinajstić information content (AvgIpc) is 2.34. The molecule has 0 unspecified atom stereocenters. The first-order chi connectivity index (χ1) is 8.40. The van der Waals surface area contributed by atoms with Crippen molar-refractivity contribution in [2.45, 2.75) is 39.5 Å². The predicted molar refractivity (Wildman–Crippen MR) is 72.6 cm³/mol. The first-order valence-corrected chi connectivity index (χ1v) is 6.96. The molecule has 0 aromatic heterocycles. The Bertz CT molecular complexity index is 461. The number of allylic oxidation sites excluding steroid dienone is 3. The topological polar surface area (TPSA) is 34.1 Å². The van der Waals surface area contributed by atoms with E-state index in [2.05, 4.69) is 13.5 Å². The summed E-state index contributed by atoms with van der Waals surface area (Å²) >= 11 is 5.79. The fourth-order valence-corrected chi connectivity index (χ4v) is 3.46. The average molecular weight is 267 g/mol. The van der Waals surface area contributed by atoms with Crippen LogP contribution in [0.2, 0.25) is 0 Å². The van der Waals surface area contributed by atoms with Gasteiger partial charge in [-0.3, -0.25) is 9.59 Å². The molecule has 2 rings (SSSR count). The summed E-state index contributed by atoms with van der Waals surface area (Å²) in [4.78, 5) is 24.4. The number of rotatable bonds is 2. The molecule has 0 aliphatic heterocycles. The molecule has 0 radical (unpaired) electrons. The van der Waals surface area contributed by atoms with Gasteiger partial charge in [0.2, 0.25) is 0 Å². The van der Waals surface area contributed by atoms with Crippen molar-refractivity contribution in [2.75, 3.05) is 5.88 Å². The Balaban J connectivity index is 2.44. The second kappa shape index (κ2) is 4.65. The van der Waals surface area contributed by atoms with E-state index in [9.17, 15) is 9.59 Å². The summed E-state index contributed by atoms with van der Waals surface area (Å²) in [6, 6.07) is 0. The van der Waals surface area contributed by atoms with Crippen molar-refractivity contribution in [1.82, 2.24) is 0 Å². The van der Waals surface area contributed by atoms with Crippen molar-refractivity contribution in [3.8, 4) is 0 Å². The van der Waals surface area contributed by atoms with E-state index in [0.29, 0.717) is 17.9 Å². The summed E-state index contributed by atoms with van der Waals surface area (Å²) in [7, 11) is 0. The minimum atomic E-state index is -0.188. The molecule has 3 heteroatoms. The normalized spacial score (nSPS) is 32.5. The summed E-state index contributed by atoms with van der Waals surface area (Å²) in [5, 5.41) is 0. The van der Waals surface area contributed by atoms with E-state index in [-0.39, 0.29) is 22.9 Å². The molecule has 0 saturated heterocycles. The Morgan fingerprint density at radius 3 is 2.72 bits per heavy atom. The molecular formula is C15H19ClO2. The summed E-state index contributed by atoms with van der Waals surface area (Å²) in [6.07, 6.45) is 3.12. The molecule has 98 valence electrons. The maximum absolute atomic E-state index is 12.6. The van der Waals surface area contributed by atoms with Crippen LogP contribution in [0.5, 0.6) is 0 Å². The van der Waals surface area contributed by atoms with Crippen LogP contribution in [0.25, 0.3) is 0 Å². The highest BCUT2D eigenvalue weighted by atomic mass is 35.5. The van der Waals surface area contributed by atoms with Gasteiger partial charge in [-0.1, -0.05) is 19.1 Å². The van der Waals surface area contributed by atoms with E-state index in [4.69, 9.17) is 11.6 Å². The summed E-state index contributed by atoms with van der Waals surface area (Å²) in [5.74, 6) is 0.326. The van der Waals surface area contributed by atoms with Gasteiger partial charge >= 0.3 is 0 Å². The number of carbonyl (C=O) groups excluding carboxylic acids is 2. The number of hydrogen-bond donors (Lipinski definition) is 0. The maximum atomic E-state index is 12.6. The van der Waals surface area contributed by atoms with Gasteiger partial charge in [0.25, 0.3) is 0 Å². The highest BCUT2D eigenvalue weighted by molar-refractivity contribution is 6.20. The van der Waals surface area contributed by atoms with Gasteiger partial charge in [0.1, 0.15) is 0 Å². The van der Waals surface area contributed by atoms with Gasteiger partial charge < -0.3 is 0 Å². The van der Waals surface area contributed by atoms with Crippen molar-refractivity contribution >= 4 is 23.2 Å². The molecule has 2 atom stereocenters. The number of hydrogen-bond acceptors (Lipinski definition) is 2. The Morgan fingerprint density at radius 1 is 1.44 bits per heavy atom.